The van der Waals surface area contributed by atoms with Gasteiger partial charge in [0.1, 0.15) is 4.99 Å². The first-order valence-electron chi connectivity index (χ1n) is 6.10. The number of hydrogen-bond acceptors (Lipinski definition) is 3. The molecule has 2 rings (SSSR count). The van der Waals surface area contributed by atoms with Crippen LogP contribution in [0.4, 0.5) is 5.69 Å². The van der Waals surface area contributed by atoms with Crippen molar-refractivity contribution in [2.75, 3.05) is 18.1 Å². The molecule has 1 aliphatic heterocycles. The predicted molar refractivity (Wildman–Crippen MR) is 82.1 cm³/mol. The van der Waals surface area contributed by atoms with E-state index in [9.17, 15) is 5.11 Å². The number of aliphatic hydroxyl groups is 1. The minimum atomic E-state index is 0.203. The van der Waals surface area contributed by atoms with Crippen LogP contribution in [0.2, 0.25) is 0 Å². The van der Waals surface area contributed by atoms with Gasteiger partial charge in [0.25, 0.3) is 0 Å². The molecular weight excluding hydrogens is 312 g/mol. The first-order valence-corrected chi connectivity index (χ1v) is 7.30. The SMILES string of the molecule is NC(=S)c1ccc(N2CCCCC2CO)cc1Br. The second-order valence-electron chi connectivity index (χ2n) is 4.55. The molecule has 0 aromatic heterocycles. The fourth-order valence-electron chi connectivity index (χ4n) is 2.41. The van der Waals surface area contributed by atoms with Crippen molar-refractivity contribution >= 4 is 38.8 Å². The first kappa shape index (κ1) is 13.8. The number of nitrogens with zero attached hydrogens (tertiary/aromatic N) is 1. The fourth-order valence-corrected chi connectivity index (χ4v) is 3.30. The second-order valence-corrected chi connectivity index (χ2v) is 5.85. The molecule has 0 radical (unpaired) electrons. The van der Waals surface area contributed by atoms with Crippen LogP contribution in [0.3, 0.4) is 0 Å². The molecule has 0 amide bonds. The van der Waals surface area contributed by atoms with Crippen LogP contribution in [0.1, 0.15) is 24.8 Å². The van der Waals surface area contributed by atoms with E-state index >= 15 is 0 Å². The van der Waals surface area contributed by atoms with E-state index in [1.54, 1.807) is 0 Å². The van der Waals surface area contributed by atoms with Gasteiger partial charge in [-0.05, 0) is 53.4 Å². The Balaban J connectivity index is 2.27. The van der Waals surface area contributed by atoms with Crippen molar-refractivity contribution in [2.24, 2.45) is 5.73 Å². The topological polar surface area (TPSA) is 49.5 Å². The van der Waals surface area contributed by atoms with E-state index in [-0.39, 0.29) is 12.6 Å². The van der Waals surface area contributed by atoms with E-state index in [4.69, 9.17) is 18.0 Å². The fraction of sp³-hybridized carbons (Fsp3) is 0.462. The number of thiocarbonyl (C=S) groups is 1. The summed E-state index contributed by atoms with van der Waals surface area (Å²) < 4.78 is 0.912. The van der Waals surface area contributed by atoms with Gasteiger partial charge in [-0.15, -0.1) is 0 Å². The molecule has 3 nitrogen and oxygen atoms in total. The van der Waals surface area contributed by atoms with Crippen molar-refractivity contribution in [1.82, 2.24) is 0 Å². The number of halogens is 1. The van der Waals surface area contributed by atoms with E-state index in [0.29, 0.717) is 4.99 Å². The molecule has 1 atom stereocenters. The van der Waals surface area contributed by atoms with E-state index in [0.717, 1.165) is 28.7 Å². The molecule has 5 heteroatoms. The average molecular weight is 329 g/mol. The van der Waals surface area contributed by atoms with Crippen LogP contribution >= 0.6 is 28.1 Å². The van der Waals surface area contributed by atoms with Crippen LogP contribution in [-0.4, -0.2) is 29.3 Å². The Hall–Kier alpha value is -0.650. The molecule has 1 aromatic rings. The molecule has 1 fully saturated rings. The summed E-state index contributed by atoms with van der Waals surface area (Å²) in [4.78, 5) is 2.66. The number of aliphatic hydroxyl groups excluding tert-OH is 1. The largest absolute Gasteiger partial charge is 0.394 e. The van der Waals surface area contributed by atoms with Crippen molar-refractivity contribution in [2.45, 2.75) is 25.3 Å². The summed E-state index contributed by atoms with van der Waals surface area (Å²) in [6.07, 6.45) is 3.41. The molecule has 1 aliphatic rings. The van der Waals surface area contributed by atoms with Gasteiger partial charge >= 0.3 is 0 Å². The summed E-state index contributed by atoms with van der Waals surface area (Å²) in [5, 5.41) is 9.44. The Morgan fingerprint density at radius 1 is 1.50 bits per heavy atom. The summed E-state index contributed by atoms with van der Waals surface area (Å²) in [6.45, 7) is 1.19. The molecule has 18 heavy (non-hydrogen) atoms. The molecule has 3 N–H and O–H groups in total. The summed E-state index contributed by atoms with van der Waals surface area (Å²) in [7, 11) is 0. The molecule has 1 unspecified atom stereocenters. The van der Waals surface area contributed by atoms with Gasteiger partial charge < -0.3 is 15.7 Å². The Morgan fingerprint density at radius 2 is 2.28 bits per heavy atom. The molecule has 1 aromatic carbocycles. The van der Waals surface area contributed by atoms with E-state index in [1.807, 2.05) is 18.2 Å². The minimum Gasteiger partial charge on any atom is -0.394 e. The van der Waals surface area contributed by atoms with Gasteiger partial charge in [-0.2, -0.15) is 0 Å². The third-order valence-corrected chi connectivity index (χ3v) is 4.26. The van der Waals surface area contributed by atoms with Crippen LogP contribution < -0.4 is 10.6 Å². The number of rotatable bonds is 3. The van der Waals surface area contributed by atoms with Gasteiger partial charge in [0, 0.05) is 22.3 Å². The van der Waals surface area contributed by atoms with Crippen LogP contribution in [0, 0.1) is 0 Å². The Kier molecular flexibility index (Phi) is 4.59. The standard InChI is InChI=1S/C13H17BrN2OS/c14-12-7-9(4-5-11(12)13(15)18)16-6-2-1-3-10(16)8-17/h4-5,7,10,17H,1-3,6,8H2,(H2,15,18). The van der Waals surface area contributed by atoms with Crippen LogP contribution in [0.15, 0.2) is 22.7 Å². The lowest BCUT2D eigenvalue weighted by Crippen LogP contribution is -2.41. The van der Waals surface area contributed by atoms with Crippen molar-refractivity contribution in [3.8, 4) is 0 Å². The molecule has 98 valence electrons. The Labute approximate surface area is 121 Å². The van der Waals surface area contributed by atoms with Gasteiger partial charge in [0.05, 0.1) is 12.6 Å². The maximum atomic E-state index is 9.44. The summed E-state index contributed by atoms with van der Waals surface area (Å²) in [6, 6.07) is 6.21. The van der Waals surface area contributed by atoms with Crippen molar-refractivity contribution < 1.29 is 5.11 Å². The summed E-state index contributed by atoms with van der Waals surface area (Å²) >= 11 is 8.49. The zero-order valence-electron chi connectivity index (χ0n) is 10.1. The van der Waals surface area contributed by atoms with Gasteiger partial charge in [0.2, 0.25) is 0 Å². The molecular formula is C13H17BrN2OS. The maximum absolute atomic E-state index is 9.44. The molecule has 0 spiro atoms. The lowest BCUT2D eigenvalue weighted by Gasteiger charge is -2.36. The van der Waals surface area contributed by atoms with Crippen molar-refractivity contribution in [3.05, 3.63) is 28.2 Å². The third kappa shape index (κ3) is 2.84. The third-order valence-electron chi connectivity index (χ3n) is 3.39. The normalized spacial score (nSPS) is 19.9. The van der Waals surface area contributed by atoms with Crippen molar-refractivity contribution in [1.29, 1.82) is 0 Å². The molecule has 1 saturated heterocycles. The Bertz CT molecular complexity index is 453. The monoisotopic (exact) mass is 328 g/mol. The van der Waals surface area contributed by atoms with Gasteiger partial charge in [-0.3, -0.25) is 0 Å². The number of hydrogen-bond donors (Lipinski definition) is 2. The predicted octanol–water partition coefficient (Wildman–Crippen LogP) is 2.43. The summed E-state index contributed by atoms with van der Waals surface area (Å²) in [5.41, 5.74) is 7.61. The van der Waals surface area contributed by atoms with Crippen LogP contribution in [-0.2, 0) is 0 Å². The second kappa shape index (κ2) is 5.99. The number of anilines is 1. The van der Waals surface area contributed by atoms with E-state index in [1.165, 1.54) is 12.8 Å². The van der Waals surface area contributed by atoms with Crippen molar-refractivity contribution in [3.63, 3.8) is 0 Å². The first-order chi connectivity index (χ1) is 8.63. The van der Waals surface area contributed by atoms with E-state index < -0.39 is 0 Å². The maximum Gasteiger partial charge on any atom is 0.105 e. The van der Waals surface area contributed by atoms with Crippen LogP contribution in [0.5, 0.6) is 0 Å². The quantitative estimate of drug-likeness (QED) is 0.837. The van der Waals surface area contributed by atoms with Gasteiger partial charge in [-0.1, -0.05) is 12.2 Å². The van der Waals surface area contributed by atoms with Gasteiger partial charge in [0.15, 0.2) is 0 Å². The lowest BCUT2D eigenvalue weighted by molar-refractivity contribution is 0.240. The number of nitrogens with two attached hydrogens (primary N) is 1. The number of piperidine rings is 1. The molecule has 0 saturated carbocycles. The zero-order valence-corrected chi connectivity index (χ0v) is 12.5. The molecule has 0 bridgehead atoms. The number of benzene rings is 1. The van der Waals surface area contributed by atoms with Crippen LogP contribution in [0.25, 0.3) is 0 Å². The zero-order chi connectivity index (χ0) is 13.1. The summed E-state index contributed by atoms with van der Waals surface area (Å²) in [5.74, 6) is 0. The molecule has 0 aliphatic carbocycles. The van der Waals surface area contributed by atoms with Gasteiger partial charge in [-0.25, -0.2) is 0 Å². The highest BCUT2D eigenvalue weighted by Gasteiger charge is 2.22. The highest BCUT2D eigenvalue weighted by molar-refractivity contribution is 9.10. The average Bonchev–Trinajstić information content (AvgIpc) is 2.38. The lowest BCUT2D eigenvalue weighted by atomic mass is 10.0. The smallest absolute Gasteiger partial charge is 0.105 e. The molecule has 1 heterocycles. The Morgan fingerprint density at radius 3 is 2.89 bits per heavy atom. The minimum absolute atomic E-state index is 0.203. The highest BCUT2D eigenvalue weighted by atomic mass is 79.9. The highest BCUT2D eigenvalue weighted by Crippen LogP contribution is 2.29. The van der Waals surface area contributed by atoms with E-state index in [2.05, 4.69) is 20.8 Å².